The van der Waals surface area contributed by atoms with Gasteiger partial charge >= 0.3 is 12.0 Å². The van der Waals surface area contributed by atoms with Crippen LogP contribution in [0.4, 0.5) is 4.79 Å². The molecule has 102 valence electrons. The molecule has 0 aromatic heterocycles. The Morgan fingerprint density at radius 2 is 1.83 bits per heavy atom. The molecule has 3 N–H and O–H groups in total. The van der Waals surface area contributed by atoms with Crippen LogP contribution in [0.1, 0.15) is 19.3 Å². The van der Waals surface area contributed by atoms with Crippen molar-refractivity contribution in [1.29, 1.82) is 0 Å². The third-order valence-electron chi connectivity index (χ3n) is 2.32. The van der Waals surface area contributed by atoms with Crippen molar-refractivity contribution in [3.8, 4) is 0 Å². The van der Waals surface area contributed by atoms with Crippen molar-refractivity contribution in [2.75, 3.05) is 26.3 Å². The lowest BCUT2D eigenvalue weighted by molar-refractivity contribution is -0.137. The zero-order valence-electron chi connectivity index (χ0n) is 9.98. The van der Waals surface area contributed by atoms with Crippen molar-refractivity contribution in [2.45, 2.75) is 19.3 Å². The number of carboxylic acids is 1. The minimum Gasteiger partial charge on any atom is -0.481 e. The number of aliphatic carboxylic acids is 1. The summed E-state index contributed by atoms with van der Waals surface area (Å²) in [5.41, 5.74) is 2.52. The van der Waals surface area contributed by atoms with E-state index >= 15 is 0 Å². The van der Waals surface area contributed by atoms with Gasteiger partial charge in [-0.3, -0.25) is 20.3 Å². The lowest BCUT2D eigenvalue weighted by Gasteiger charge is -2.26. The molecule has 1 fully saturated rings. The summed E-state index contributed by atoms with van der Waals surface area (Å²) in [6.45, 7) is 2.21. The Kier molecular flexibility index (Phi) is 6.09. The van der Waals surface area contributed by atoms with E-state index in [1.807, 2.05) is 0 Å². The van der Waals surface area contributed by atoms with Crippen LogP contribution >= 0.6 is 0 Å². The Morgan fingerprint density at radius 1 is 1.17 bits per heavy atom. The Balaban J connectivity index is 2.14. The SMILES string of the molecule is O=C(O)CCCC(=O)NC(=O)NN1CCOCC1. The van der Waals surface area contributed by atoms with Crippen LogP contribution in [0.25, 0.3) is 0 Å². The molecule has 1 aliphatic rings. The standard InChI is InChI=1S/C10H17N3O5/c14-8(2-1-3-9(15)16)11-10(17)12-13-4-6-18-7-5-13/h1-7H2,(H,15,16)(H2,11,12,14,17). The van der Waals surface area contributed by atoms with Crippen molar-refractivity contribution < 1.29 is 24.2 Å². The van der Waals surface area contributed by atoms with Crippen LogP contribution in [0, 0.1) is 0 Å². The first kappa shape index (κ1) is 14.4. The Morgan fingerprint density at radius 3 is 2.44 bits per heavy atom. The number of imide groups is 1. The van der Waals surface area contributed by atoms with Crippen LogP contribution in [0.5, 0.6) is 0 Å². The van der Waals surface area contributed by atoms with E-state index in [9.17, 15) is 14.4 Å². The van der Waals surface area contributed by atoms with E-state index in [0.29, 0.717) is 26.3 Å². The number of nitrogens with zero attached hydrogens (tertiary/aromatic N) is 1. The number of ether oxygens (including phenoxy) is 1. The Labute approximate surface area is 104 Å². The molecule has 0 aliphatic carbocycles. The first-order chi connectivity index (χ1) is 8.58. The molecule has 0 bridgehead atoms. The van der Waals surface area contributed by atoms with Gasteiger partial charge in [-0.15, -0.1) is 0 Å². The molecule has 8 nitrogen and oxygen atoms in total. The van der Waals surface area contributed by atoms with Gasteiger partial charge in [0, 0.05) is 25.9 Å². The molecule has 1 heterocycles. The average molecular weight is 259 g/mol. The topological polar surface area (TPSA) is 108 Å². The van der Waals surface area contributed by atoms with Gasteiger partial charge in [-0.1, -0.05) is 0 Å². The van der Waals surface area contributed by atoms with E-state index in [0.717, 1.165) is 0 Å². The highest BCUT2D eigenvalue weighted by Crippen LogP contribution is 1.95. The van der Waals surface area contributed by atoms with Gasteiger partial charge in [-0.2, -0.15) is 0 Å². The molecule has 0 radical (unpaired) electrons. The molecule has 0 atom stereocenters. The van der Waals surface area contributed by atoms with Gasteiger partial charge in [-0.05, 0) is 6.42 Å². The van der Waals surface area contributed by atoms with Crippen LogP contribution in [0.2, 0.25) is 0 Å². The molecule has 18 heavy (non-hydrogen) atoms. The normalized spacial score (nSPS) is 16.0. The predicted molar refractivity (Wildman–Crippen MR) is 60.6 cm³/mol. The van der Waals surface area contributed by atoms with E-state index in [1.54, 1.807) is 5.01 Å². The average Bonchev–Trinajstić information content (AvgIpc) is 2.29. The summed E-state index contributed by atoms with van der Waals surface area (Å²) in [5.74, 6) is -1.44. The number of nitrogens with one attached hydrogen (secondary N) is 2. The number of rotatable bonds is 5. The van der Waals surface area contributed by atoms with Crippen molar-refractivity contribution in [3.05, 3.63) is 0 Å². The summed E-state index contributed by atoms with van der Waals surface area (Å²) in [7, 11) is 0. The third-order valence-corrected chi connectivity index (χ3v) is 2.32. The van der Waals surface area contributed by atoms with Gasteiger partial charge in [-0.25, -0.2) is 9.80 Å². The lowest BCUT2D eigenvalue weighted by Crippen LogP contribution is -2.52. The van der Waals surface area contributed by atoms with Gasteiger partial charge < -0.3 is 9.84 Å². The number of urea groups is 1. The highest BCUT2D eigenvalue weighted by atomic mass is 16.5. The van der Waals surface area contributed by atoms with E-state index < -0.39 is 17.9 Å². The third kappa shape index (κ3) is 6.16. The quantitative estimate of drug-likeness (QED) is 0.603. The van der Waals surface area contributed by atoms with Crippen LogP contribution in [-0.4, -0.2) is 54.3 Å². The first-order valence-corrected chi connectivity index (χ1v) is 5.73. The number of hydrazine groups is 1. The zero-order valence-corrected chi connectivity index (χ0v) is 9.98. The molecule has 1 rings (SSSR count). The first-order valence-electron chi connectivity index (χ1n) is 5.73. The fourth-order valence-corrected chi connectivity index (χ4v) is 1.44. The smallest absolute Gasteiger partial charge is 0.335 e. The number of carboxylic acid groups (broad SMARTS) is 1. The van der Waals surface area contributed by atoms with E-state index in [2.05, 4.69) is 10.7 Å². The second-order valence-electron chi connectivity index (χ2n) is 3.84. The predicted octanol–water partition coefficient (Wildman–Crippen LogP) is -0.686. The molecular weight excluding hydrogens is 242 g/mol. The molecule has 0 spiro atoms. The second kappa shape index (κ2) is 7.62. The van der Waals surface area contributed by atoms with Gasteiger partial charge in [0.1, 0.15) is 0 Å². The number of amides is 3. The van der Waals surface area contributed by atoms with Gasteiger partial charge in [0.05, 0.1) is 13.2 Å². The summed E-state index contributed by atoms with van der Waals surface area (Å²) in [6, 6.07) is -0.600. The molecule has 3 amide bonds. The molecule has 8 heteroatoms. The number of hydrogen-bond acceptors (Lipinski definition) is 5. The van der Waals surface area contributed by atoms with Crippen molar-refractivity contribution in [2.24, 2.45) is 0 Å². The maximum atomic E-state index is 11.4. The summed E-state index contributed by atoms with van der Waals surface area (Å²) in [6.07, 6.45) is 0.146. The summed E-state index contributed by atoms with van der Waals surface area (Å²) < 4.78 is 5.10. The van der Waals surface area contributed by atoms with Crippen LogP contribution in [0.15, 0.2) is 0 Å². The monoisotopic (exact) mass is 259 g/mol. The second-order valence-corrected chi connectivity index (χ2v) is 3.84. The Bertz CT molecular complexity index is 315. The minimum absolute atomic E-state index is 0.0167. The number of hydrogen-bond donors (Lipinski definition) is 3. The molecule has 0 saturated carbocycles. The van der Waals surface area contributed by atoms with Crippen LogP contribution in [0.3, 0.4) is 0 Å². The molecular formula is C10H17N3O5. The molecule has 0 unspecified atom stereocenters. The van der Waals surface area contributed by atoms with Crippen molar-refractivity contribution in [3.63, 3.8) is 0 Å². The lowest BCUT2D eigenvalue weighted by atomic mass is 10.2. The van der Waals surface area contributed by atoms with Crippen LogP contribution < -0.4 is 10.7 Å². The molecule has 1 aliphatic heterocycles. The maximum absolute atomic E-state index is 11.4. The van der Waals surface area contributed by atoms with Gasteiger partial charge in [0.25, 0.3) is 0 Å². The number of carbonyl (C=O) groups excluding carboxylic acids is 2. The highest BCUT2D eigenvalue weighted by Gasteiger charge is 2.14. The maximum Gasteiger partial charge on any atom is 0.335 e. The molecule has 0 aromatic carbocycles. The number of morpholine rings is 1. The van der Waals surface area contributed by atoms with Gasteiger partial charge in [0.2, 0.25) is 5.91 Å². The highest BCUT2D eigenvalue weighted by molar-refractivity contribution is 5.94. The fourth-order valence-electron chi connectivity index (χ4n) is 1.44. The molecule has 1 saturated heterocycles. The summed E-state index contributed by atoms with van der Waals surface area (Å²) >= 11 is 0. The summed E-state index contributed by atoms with van der Waals surface area (Å²) in [5, 5.41) is 12.2. The fraction of sp³-hybridized carbons (Fsp3) is 0.700. The van der Waals surface area contributed by atoms with E-state index in [1.165, 1.54) is 0 Å². The minimum atomic E-state index is -0.958. The van der Waals surface area contributed by atoms with Gasteiger partial charge in [0.15, 0.2) is 0 Å². The zero-order chi connectivity index (χ0) is 13.4. The molecule has 0 aromatic rings. The number of carbonyl (C=O) groups is 3. The van der Waals surface area contributed by atoms with E-state index in [-0.39, 0.29) is 19.3 Å². The van der Waals surface area contributed by atoms with Crippen molar-refractivity contribution in [1.82, 2.24) is 15.8 Å². The van der Waals surface area contributed by atoms with Crippen LogP contribution in [-0.2, 0) is 14.3 Å². The van der Waals surface area contributed by atoms with Crippen molar-refractivity contribution >= 4 is 17.9 Å². The van der Waals surface area contributed by atoms with E-state index in [4.69, 9.17) is 9.84 Å². The summed E-state index contributed by atoms with van der Waals surface area (Å²) in [4.78, 5) is 32.9. The Hall–Kier alpha value is -1.67. The largest absolute Gasteiger partial charge is 0.481 e.